The van der Waals surface area contributed by atoms with Crippen LogP contribution < -0.4 is 9.64 Å². The summed E-state index contributed by atoms with van der Waals surface area (Å²) in [6, 6.07) is 17.1. The Labute approximate surface area is 163 Å². The largest absolute Gasteiger partial charge is 0.479 e. The Morgan fingerprint density at radius 2 is 1.89 bits per heavy atom. The second-order valence-corrected chi connectivity index (χ2v) is 6.46. The van der Waals surface area contributed by atoms with Crippen LogP contribution in [-0.2, 0) is 9.53 Å². The average molecular weight is 385 g/mol. The number of carbonyl (C=O) groups is 1. The number of carbonyl (C=O) groups excluding carboxylic acids is 1. The summed E-state index contributed by atoms with van der Waals surface area (Å²) < 4.78 is 10.6. The number of hydrogen-bond donors (Lipinski definition) is 0. The number of hydrogen-bond acceptors (Lipinski definition) is 5. The molecule has 0 fully saturated rings. The van der Waals surface area contributed by atoms with E-state index in [0.29, 0.717) is 23.2 Å². The maximum atomic E-state index is 11.7. The van der Waals surface area contributed by atoms with Crippen molar-refractivity contribution in [2.75, 3.05) is 18.6 Å². The first-order chi connectivity index (χ1) is 13.0. The molecule has 0 aliphatic heterocycles. The molecule has 2 aromatic carbocycles. The first-order valence-corrected chi connectivity index (χ1v) is 9.09. The Morgan fingerprint density at radius 1 is 1.19 bits per heavy atom. The first-order valence-electron chi connectivity index (χ1n) is 8.72. The van der Waals surface area contributed by atoms with Crippen LogP contribution in [0, 0.1) is 0 Å². The molecule has 0 radical (unpaired) electrons. The van der Waals surface area contributed by atoms with E-state index in [1.165, 1.54) is 0 Å². The molecule has 1 unspecified atom stereocenters. The predicted molar refractivity (Wildman–Crippen MR) is 108 cm³/mol. The molecule has 1 heterocycles. The van der Waals surface area contributed by atoms with Crippen LogP contribution >= 0.6 is 11.6 Å². The molecule has 0 aliphatic rings. The van der Waals surface area contributed by atoms with Crippen molar-refractivity contribution in [2.24, 2.45) is 0 Å². The molecule has 3 aromatic rings. The number of rotatable bonds is 6. The molecule has 140 valence electrons. The van der Waals surface area contributed by atoms with Gasteiger partial charge >= 0.3 is 5.97 Å². The Balaban J connectivity index is 1.79. The number of nitrogens with zero attached hydrogens (tertiary/aromatic N) is 2. The predicted octanol–water partition coefficient (Wildman–Crippen LogP) is 4.99. The normalized spacial score (nSPS) is 11.9. The topological polar surface area (TPSA) is 51.7 Å². The van der Waals surface area contributed by atoms with Crippen LogP contribution in [0.4, 0.5) is 11.5 Å². The third-order valence-corrected chi connectivity index (χ3v) is 4.41. The van der Waals surface area contributed by atoms with Crippen LogP contribution in [0.1, 0.15) is 13.8 Å². The number of benzene rings is 2. The van der Waals surface area contributed by atoms with Crippen molar-refractivity contribution in [3.05, 3.63) is 59.6 Å². The first kappa shape index (κ1) is 19.0. The summed E-state index contributed by atoms with van der Waals surface area (Å²) in [6.07, 6.45) is -0.662. The van der Waals surface area contributed by atoms with Gasteiger partial charge in [0.2, 0.25) is 0 Å². The molecular formula is C21H21ClN2O3. The third-order valence-electron chi connectivity index (χ3n) is 4.13. The van der Waals surface area contributed by atoms with Crippen LogP contribution in [0.3, 0.4) is 0 Å². The van der Waals surface area contributed by atoms with E-state index in [2.05, 4.69) is 4.98 Å². The zero-order valence-electron chi connectivity index (χ0n) is 15.5. The van der Waals surface area contributed by atoms with E-state index >= 15 is 0 Å². The number of halogens is 1. The lowest BCUT2D eigenvalue weighted by Gasteiger charge is -2.21. The summed E-state index contributed by atoms with van der Waals surface area (Å²) in [5, 5.41) is 1.57. The molecule has 5 nitrogen and oxygen atoms in total. The highest BCUT2D eigenvalue weighted by molar-refractivity contribution is 6.33. The van der Waals surface area contributed by atoms with Crippen LogP contribution in [0.25, 0.3) is 10.9 Å². The number of anilines is 2. The van der Waals surface area contributed by atoms with Crippen molar-refractivity contribution < 1.29 is 14.3 Å². The highest BCUT2D eigenvalue weighted by Crippen LogP contribution is 2.32. The van der Waals surface area contributed by atoms with Crippen LogP contribution in [-0.4, -0.2) is 30.7 Å². The van der Waals surface area contributed by atoms with Gasteiger partial charge in [-0.1, -0.05) is 29.8 Å². The zero-order valence-corrected chi connectivity index (χ0v) is 16.2. The van der Waals surface area contributed by atoms with E-state index in [1.54, 1.807) is 26.0 Å². The fourth-order valence-corrected chi connectivity index (χ4v) is 2.98. The van der Waals surface area contributed by atoms with Gasteiger partial charge in [-0.05, 0) is 50.2 Å². The van der Waals surface area contributed by atoms with E-state index in [1.807, 2.05) is 54.4 Å². The van der Waals surface area contributed by atoms with Crippen molar-refractivity contribution >= 4 is 40.0 Å². The van der Waals surface area contributed by atoms with Crippen molar-refractivity contribution in [2.45, 2.75) is 20.0 Å². The van der Waals surface area contributed by atoms with Gasteiger partial charge in [0.05, 0.1) is 17.1 Å². The molecule has 0 N–H and O–H groups in total. The SMILES string of the molecule is CCOC(=O)C(C)Oc1ccc(N(C)c2nc3ccccc3cc2Cl)cc1. The third kappa shape index (κ3) is 4.31. The maximum Gasteiger partial charge on any atom is 0.347 e. The van der Waals surface area contributed by atoms with Gasteiger partial charge < -0.3 is 14.4 Å². The summed E-state index contributed by atoms with van der Waals surface area (Å²) >= 11 is 6.43. The zero-order chi connectivity index (χ0) is 19.4. The van der Waals surface area contributed by atoms with Gasteiger partial charge in [0.15, 0.2) is 11.9 Å². The van der Waals surface area contributed by atoms with E-state index in [9.17, 15) is 4.79 Å². The summed E-state index contributed by atoms with van der Waals surface area (Å²) in [4.78, 5) is 18.3. The quantitative estimate of drug-likeness (QED) is 0.560. The van der Waals surface area contributed by atoms with E-state index in [-0.39, 0.29) is 5.97 Å². The van der Waals surface area contributed by atoms with Crippen LogP contribution in [0.15, 0.2) is 54.6 Å². The second kappa shape index (κ2) is 8.27. The molecule has 0 saturated carbocycles. The van der Waals surface area contributed by atoms with Gasteiger partial charge in [0.1, 0.15) is 5.75 Å². The standard InChI is InChI=1S/C21H21ClN2O3/c1-4-26-21(25)14(2)27-17-11-9-16(10-12-17)24(3)20-18(22)13-15-7-5-6-8-19(15)23-20/h5-14H,4H2,1-3H3. The van der Waals surface area contributed by atoms with Gasteiger partial charge in [-0.25, -0.2) is 9.78 Å². The summed E-state index contributed by atoms with van der Waals surface area (Å²) in [5.41, 5.74) is 1.78. The molecule has 0 bridgehead atoms. The molecule has 3 rings (SSSR count). The second-order valence-electron chi connectivity index (χ2n) is 6.05. The summed E-state index contributed by atoms with van der Waals surface area (Å²) in [5.74, 6) is 0.875. The highest BCUT2D eigenvalue weighted by atomic mass is 35.5. The van der Waals surface area contributed by atoms with E-state index in [4.69, 9.17) is 21.1 Å². The highest BCUT2D eigenvalue weighted by Gasteiger charge is 2.16. The molecule has 0 saturated heterocycles. The Hall–Kier alpha value is -2.79. The molecule has 27 heavy (non-hydrogen) atoms. The van der Waals surface area contributed by atoms with Gasteiger partial charge in [-0.2, -0.15) is 0 Å². The van der Waals surface area contributed by atoms with Crippen molar-refractivity contribution in [3.63, 3.8) is 0 Å². The number of fused-ring (bicyclic) bond motifs is 1. The number of aromatic nitrogens is 1. The fraction of sp³-hybridized carbons (Fsp3) is 0.238. The van der Waals surface area contributed by atoms with E-state index < -0.39 is 6.10 Å². The Morgan fingerprint density at radius 3 is 2.59 bits per heavy atom. The molecule has 6 heteroatoms. The van der Waals surface area contributed by atoms with Crippen molar-refractivity contribution in [1.82, 2.24) is 4.98 Å². The number of ether oxygens (including phenoxy) is 2. The number of pyridine rings is 1. The molecule has 1 atom stereocenters. The van der Waals surface area contributed by atoms with Gasteiger partial charge in [-0.3, -0.25) is 0 Å². The molecule has 0 amide bonds. The minimum Gasteiger partial charge on any atom is -0.479 e. The summed E-state index contributed by atoms with van der Waals surface area (Å²) in [7, 11) is 1.90. The fourth-order valence-electron chi connectivity index (χ4n) is 2.70. The molecule has 1 aromatic heterocycles. The molecule has 0 aliphatic carbocycles. The number of esters is 1. The van der Waals surface area contributed by atoms with Crippen molar-refractivity contribution in [3.8, 4) is 5.75 Å². The lowest BCUT2D eigenvalue weighted by molar-refractivity contribution is -0.150. The monoisotopic (exact) mass is 384 g/mol. The van der Waals surface area contributed by atoms with E-state index in [0.717, 1.165) is 16.6 Å². The minimum absolute atomic E-state index is 0.329. The van der Waals surface area contributed by atoms with Crippen LogP contribution in [0.2, 0.25) is 5.02 Å². The smallest absolute Gasteiger partial charge is 0.347 e. The van der Waals surface area contributed by atoms with Gasteiger partial charge in [0.25, 0.3) is 0 Å². The van der Waals surface area contributed by atoms with Crippen molar-refractivity contribution in [1.29, 1.82) is 0 Å². The lowest BCUT2D eigenvalue weighted by Crippen LogP contribution is -2.26. The van der Waals surface area contributed by atoms with Gasteiger partial charge in [-0.15, -0.1) is 0 Å². The molecular weight excluding hydrogens is 364 g/mol. The molecule has 0 spiro atoms. The maximum absolute atomic E-state index is 11.7. The Kier molecular flexibility index (Phi) is 5.81. The Bertz CT molecular complexity index is 944. The van der Waals surface area contributed by atoms with Crippen LogP contribution in [0.5, 0.6) is 5.75 Å². The minimum atomic E-state index is -0.662. The summed E-state index contributed by atoms with van der Waals surface area (Å²) in [6.45, 7) is 3.76. The number of para-hydroxylation sites is 1. The average Bonchev–Trinajstić information content (AvgIpc) is 2.67. The lowest BCUT2D eigenvalue weighted by atomic mass is 10.2. The van der Waals surface area contributed by atoms with Gasteiger partial charge in [0, 0.05) is 18.1 Å².